The van der Waals surface area contributed by atoms with Crippen molar-refractivity contribution in [3.05, 3.63) is 24.3 Å². The molecule has 108 valence electrons. The summed E-state index contributed by atoms with van der Waals surface area (Å²) in [6.07, 6.45) is 0.521. The third-order valence-corrected chi connectivity index (χ3v) is 4.77. The number of ether oxygens (including phenoxy) is 1. The van der Waals surface area contributed by atoms with E-state index >= 15 is 0 Å². The van der Waals surface area contributed by atoms with E-state index in [9.17, 15) is 8.42 Å². The fraction of sp³-hybridized carbons (Fsp3) is 0.538. The molecular weight excluding hydrogens is 266 g/mol. The molecule has 1 N–H and O–H groups in total. The third-order valence-electron chi connectivity index (χ3n) is 2.72. The Balaban J connectivity index is 2.92. The largest absolute Gasteiger partial charge is 0.493 e. The lowest BCUT2D eigenvalue weighted by atomic mass is 10.3. The van der Waals surface area contributed by atoms with Crippen LogP contribution >= 0.6 is 0 Å². The minimum absolute atomic E-state index is 0.0530. The molecule has 0 bridgehead atoms. The van der Waals surface area contributed by atoms with Crippen molar-refractivity contribution in [2.45, 2.75) is 25.2 Å². The molecule has 5 nitrogen and oxygen atoms in total. The quantitative estimate of drug-likeness (QED) is 0.735. The molecule has 0 atom stereocenters. The van der Waals surface area contributed by atoms with Gasteiger partial charge in [-0.1, -0.05) is 19.9 Å². The maximum Gasteiger partial charge on any atom is 0.243 e. The molecule has 6 heteroatoms. The number of benzene rings is 1. The Hall–Kier alpha value is -1.11. The average molecular weight is 287 g/mol. The first-order chi connectivity index (χ1) is 9.06. The normalized spacial score (nSPS) is 11.8. The molecule has 0 spiro atoms. The first-order valence-electron chi connectivity index (χ1n) is 6.40. The summed E-state index contributed by atoms with van der Waals surface area (Å²) >= 11 is 0. The van der Waals surface area contributed by atoms with Crippen molar-refractivity contribution in [1.82, 2.24) is 4.31 Å². The number of rotatable bonds is 8. The molecule has 0 saturated carbocycles. The van der Waals surface area contributed by atoms with Gasteiger partial charge in [0.2, 0.25) is 10.0 Å². The van der Waals surface area contributed by atoms with Crippen LogP contribution in [-0.2, 0) is 10.0 Å². The molecule has 19 heavy (non-hydrogen) atoms. The highest BCUT2D eigenvalue weighted by Crippen LogP contribution is 2.20. The van der Waals surface area contributed by atoms with Crippen LogP contribution < -0.4 is 4.74 Å². The zero-order valence-electron chi connectivity index (χ0n) is 11.4. The number of hydrogen-bond donors (Lipinski definition) is 1. The van der Waals surface area contributed by atoms with Crippen LogP contribution in [0, 0.1) is 0 Å². The average Bonchev–Trinajstić information content (AvgIpc) is 2.40. The van der Waals surface area contributed by atoms with Crippen LogP contribution in [-0.4, -0.2) is 44.1 Å². The molecule has 1 aromatic carbocycles. The minimum Gasteiger partial charge on any atom is -0.493 e. The Bertz CT molecular complexity index is 483. The smallest absolute Gasteiger partial charge is 0.243 e. The highest BCUT2D eigenvalue weighted by atomic mass is 32.2. The number of aliphatic hydroxyl groups is 1. The van der Waals surface area contributed by atoms with E-state index in [0.29, 0.717) is 31.9 Å². The second kappa shape index (κ2) is 7.47. The van der Waals surface area contributed by atoms with Crippen LogP contribution in [0.2, 0.25) is 0 Å². The lowest BCUT2D eigenvalue weighted by Gasteiger charge is -2.18. The fourth-order valence-corrected chi connectivity index (χ4v) is 3.19. The van der Waals surface area contributed by atoms with E-state index in [1.807, 2.05) is 13.8 Å². The molecule has 0 aromatic heterocycles. The number of aliphatic hydroxyl groups excluding tert-OH is 1. The van der Waals surface area contributed by atoms with Crippen molar-refractivity contribution in [1.29, 1.82) is 0 Å². The van der Waals surface area contributed by atoms with Gasteiger partial charge in [0.15, 0.2) is 0 Å². The zero-order chi connectivity index (χ0) is 14.3. The molecule has 1 rings (SSSR count). The van der Waals surface area contributed by atoms with E-state index in [4.69, 9.17) is 9.84 Å². The topological polar surface area (TPSA) is 66.8 Å². The van der Waals surface area contributed by atoms with Crippen molar-refractivity contribution < 1.29 is 18.3 Å². The Morgan fingerprint density at radius 2 is 1.95 bits per heavy atom. The first kappa shape index (κ1) is 15.9. The molecule has 0 amide bonds. The van der Waals surface area contributed by atoms with E-state index in [-0.39, 0.29) is 11.5 Å². The molecule has 0 unspecified atom stereocenters. The minimum atomic E-state index is -3.45. The van der Waals surface area contributed by atoms with Crippen molar-refractivity contribution in [3.8, 4) is 5.75 Å². The summed E-state index contributed by atoms with van der Waals surface area (Å²) in [6, 6.07) is 6.45. The highest BCUT2D eigenvalue weighted by molar-refractivity contribution is 7.89. The predicted octanol–water partition coefficient (Wildman–Crippen LogP) is 1.48. The van der Waals surface area contributed by atoms with Crippen molar-refractivity contribution >= 4 is 10.0 Å². The highest BCUT2D eigenvalue weighted by Gasteiger charge is 2.21. The first-order valence-corrected chi connectivity index (χ1v) is 7.84. The Morgan fingerprint density at radius 3 is 2.53 bits per heavy atom. The van der Waals surface area contributed by atoms with Crippen LogP contribution in [0.25, 0.3) is 0 Å². The van der Waals surface area contributed by atoms with Gasteiger partial charge in [0, 0.05) is 32.2 Å². The van der Waals surface area contributed by atoms with E-state index < -0.39 is 10.0 Å². The van der Waals surface area contributed by atoms with Gasteiger partial charge in [0.25, 0.3) is 0 Å². The summed E-state index contributed by atoms with van der Waals surface area (Å²) < 4.78 is 31.4. The maximum atomic E-state index is 12.3. The van der Waals surface area contributed by atoms with E-state index in [1.165, 1.54) is 10.4 Å². The number of nitrogens with zero attached hydrogens (tertiary/aromatic N) is 1. The van der Waals surface area contributed by atoms with Gasteiger partial charge in [-0.05, 0) is 12.1 Å². The summed E-state index contributed by atoms with van der Waals surface area (Å²) in [7, 11) is -3.45. The summed E-state index contributed by atoms with van der Waals surface area (Å²) in [5.41, 5.74) is 0. The predicted molar refractivity (Wildman–Crippen MR) is 73.7 cm³/mol. The Labute approximate surface area is 114 Å². The van der Waals surface area contributed by atoms with Gasteiger partial charge in [-0.3, -0.25) is 0 Å². The summed E-state index contributed by atoms with van der Waals surface area (Å²) in [5, 5.41) is 8.68. The van der Waals surface area contributed by atoms with E-state index in [2.05, 4.69) is 0 Å². The molecule has 1 aromatic rings. The van der Waals surface area contributed by atoms with Crippen LogP contribution in [0.4, 0.5) is 0 Å². The SMILES string of the molecule is CCN(CC)S(=O)(=O)c1cccc(OCCCO)c1. The van der Waals surface area contributed by atoms with Crippen LogP contribution in [0.1, 0.15) is 20.3 Å². The van der Waals surface area contributed by atoms with Crippen LogP contribution in [0.3, 0.4) is 0 Å². The molecule has 0 heterocycles. The lowest BCUT2D eigenvalue weighted by molar-refractivity contribution is 0.233. The van der Waals surface area contributed by atoms with Gasteiger partial charge in [-0.25, -0.2) is 8.42 Å². The van der Waals surface area contributed by atoms with Crippen LogP contribution in [0.15, 0.2) is 29.2 Å². The van der Waals surface area contributed by atoms with E-state index in [0.717, 1.165) is 0 Å². The zero-order valence-corrected chi connectivity index (χ0v) is 12.2. The van der Waals surface area contributed by atoms with Crippen molar-refractivity contribution in [2.24, 2.45) is 0 Å². The molecule has 0 aliphatic heterocycles. The van der Waals surface area contributed by atoms with Gasteiger partial charge >= 0.3 is 0 Å². The van der Waals surface area contributed by atoms with Gasteiger partial charge in [0.1, 0.15) is 5.75 Å². The molecule has 0 fully saturated rings. The molecule has 0 aliphatic carbocycles. The maximum absolute atomic E-state index is 12.3. The number of sulfonamides is 1. The Morgan fingerprint density at radius 1 is 1.26 bits per heavy atom. The molecule has 0 aliphatic rings. The van der Waals surface area contributed by atoms with Gasteiger partial charge in [-0.15, -0.1) is 0 Å². The Kier molecular flexibility index (Phi) is 6.27. The standard InChI is InChI=1S/C13H21NO4S/c1-3-14(4-2)19(16,17)13-8-5-7-12(11-13)18-10-6-9-15/h5,7-8,11,15H,3-4,6,9-10H2,1-2H3. The monoisotopic (exact) mass is 287 g/mol. The van der Waals surface area contributed by atoms with Crippen molar-refractivity contribution in [3.63, 3.8) is 0 Å². The fourth-order valence-electron chi connectivity index (χ4n) is 1.69. The summed E-state index contributed by atoms with van der Waals surface area (Å²) in [4.78, 5) is 0.234. The van der Waals surface area contributed by atoms with Gasteiger partial charge < -0.3 is 9.84 Å². The summed E-state index contributed by atoms with van der Waals surface area (Å²) in [5.74, 6) is 0.502. The van der Waals surface area contributed by atoms with Crippen molar-refractivity contribution in [2.75, 3.05) is 26.3 Å². The van der Waals surface area contributed by atoms with Gasteiger partial charge in [0.05, 0.1) is 11.5 Å². The molecular formula is C13H21NO4S. The third kappa shape index (κ3) is 4.19. The lowest BCUT2D eigenvalue weighted by Crippen LogP contribution is -2.30. The molecule has 0 saturated heterocycles. The number of hydrogen-bond acceptors (Lipinski definition) is 4. The second-order valence-corrected chi connectivity index (χ2v) is 5.93. The second-order valence-electron chi connectivity index (χ2n) is 3.99. The van der Waals surface area contributed by atoms with Crippen LogP contribution in [0.5, 0.6) is 5.75 Å². The van der Waals surface area contributed by atoms with E-state index in [1.54, 1.807) is 18.2 Å². The summed E-state index contributed by atoms with van der Waals surface area (Å²) in [6.45, 7) is 4.91. The molecule has 0 radical (unpaired) electrons. The van der Waals surface area contributed by atoms with Gasteiger partial charge in [-0.2, -0.15) is 4.31 Å².